The third kappa shape index (κ3) is 3.68. The van der Waals surface area contributed by atoms with Gasteiger partial charge < -0.3 is 9.73 Å². The number of carbonyl (C=O) groups excluding carboxylic acids is 1. The molecule has 0 saturated carbocycles. The predicted octanol–water partition coefficient (Wildman–Crippen LogP) is 2.31. The lowest BCUT2D eigenvalue weighted by molar-refractivity contribution is 0.0906. The van der Waals surface area contributed by atoms with E-state index in [0.717, 1.165) is 18.2 Å². The molecule has 0 aliphatic heterocycles. The van der Waals surface area contributed by atoms with Gasteiger partial charge in [-0.15, -0.1) is 0 Å². The van der Waals surface area contributed by atoms with Gasteiger partial charge in [-0.2, -0.15) is 0 Å². The molecular formula is C17H20N2O4S. The lowest BCUT2D eigenvalue weighted by atomic mass is 10.0. The summed E-state index contributed by atoms with van der Waals surface area (Å²) in [5, 5.41) is 3.00. The molecule has 0 fully saturated rings. The topological polar surface area (TPSA) is 88.4 Å². The fourth-order valence-corrected chi connectivity index (χ4v) is 3.45. The zero-order valence-electron chi connectivity index (χ0n) is 13.6. The van der Waals surface area contributed by atoms with E-state index in [1.807, 2.05) is 18.2 Å². The number of carbonyl (C=O) groups is 1. The van der Waals surface area contributed by atoms with Gasteiger partial charge in [-0.3, -0.25) is 4.79 Å². The van der Waals surface area contributed by atoms with Crippen molar-refractivity contribution in [3.63, 3.8) is 0 Å². The van der Waals surface area contributed by atoms with Crippen LogP contribution in [0.4, 0.5) is 0 Å². The van der Waals surface area contributed by atoms with E-state index in [0.29, 0.717) is 11.7 Å². The molecule has 0 radical (unpaired) electrons. The van der Waals surface area contributed by atoms with Gasteiger partial charge in [-0.25, -0.2) is 13.1 Å². The number of benzene rings is 1. The van der Waals surface area contributed by atoms with Crippen LogP contribution in [0.25, 0.3) is 0 Å². The number of hydrogen-bond acceptors (Lipinski definition) is 4. The highest BCUT2D eigenvalue weighted by Crippen LogP contribution is 2.39. The Labute approximate surface area is 141 Å². The van der Waals surface area contributed by atoms with Crippen LogP contribution in [0, 0.1) is 0 Å². The van der Waals surface area contributed by atoms with Crippen molar-refractivity contribution in [2.24, 2.45) is 0 Å². The van der Waals surface area contributed by atoms with Crippen molar-refractivity contribution in [1.82, 2.24) is 10.0 Å². The lowest BCUT2D eigenvalue weighted by Gasteiger charge is -2.13. The first-order valence-electron chi connectivity index (χ1n) is 7.76. The second-order valence-corrected chi connectivity index (χ2v) is 7.98. The summed E-state index contributed by atoms with van der Waals surface area (Å²) in [6.45, 7) is 2.17. The summed E-state index contributed by atoms with van der Waals surface area (Å²) in [5.74, 6) is 0.676. The SMILES string of the molecule is C[C@@H]1C[C@@H](NC(=O)c2ccc(CNS(C)(=O)=O)o2)c2ccccc21. The first-order chi connectivity index (χ1) is 11.3. The quantitative estimate of drug-likeness (QED) is 0.868. The van der Waals surface area contributed by atoms with Crippen LogP contribution in [0.2, 0.25) is 0 Å². The predicted molar refractivity (Wildman–Crippen MR) is 90.1 cm³/mol. The van der Waals surface area contributed by atoms with Crippen LogP contribution in [-0.4, -0.2) is 20.6 Å². The van der Waals surface area contributed by atoms with Crippen LogP contribution in [0.3, 0.4) is 0 Å². The summed E-state index contributed by atoms with van der Waals surface area (Å²) in [4.78, 5) is 12.4. The molecule has 1 aromatic carbocycles. The number of sulfonamides is 1. The first-order valence-corrected chi connectivity index (χ1v) is 9.65. The van der Waals surface area contributed by atoms with Gasteiger partial charge in [-0.1, -0.05) is 31.2 Å². The Balaban J connectivity index is 1.67. The van der Waals surface area contributed by atoms with Gasteiger partial charge in [0.15, 0.2) is 5.76 Å². The molecule has 1 aromatic heterocycles. The van der Waals surface area contributed by atoms with E-state index >= 15 is 0 Å². The van der Waals surface area contributed by atoms with Crippen molar-refractivity contribution in [2.75, 3.05) is 6.26 Å². The minimum absolute atomic E-state index is 0.0232. The van der Waals surface area contributed by atoms with Crippen LogP contribution >= 0.6 is 0 Å². The molecule has 1 heterocycles. The number of furan rings is 1. The number of fused-ring (bicyclic) bond motifs is 1. The van der Waals surface area contributed by atoms with Crippen molar-refractivity contribution in [1.29, 1.82) is 0 Å². The molecule has 2 aromatic rings. The summed E-state index contributed by atoms with van der Waals surface area (Å²) in [7, 11) is -3.30. The molecule has 128 valence electrons. The smallest absolute Gasteiger partial charge is 0.287 e. The molecule has 3 rings (SSSR count). The van der Waals surface area contributed by atoms with Crippen molar-refractivity contribution in [2.45, 2.75) is 31.8 Å². The molecular weight excluding hydrogens is 328 g/mol. The van der Waals surface area contributed by atoms with Crippen molar-refractivity contribution >= 4 is 15.9 Å². The monoisotopic (exact) mass is 348 g/mol. The van der Waals surface area contributed by atoms with Crippen LogP contribution < -0.4 is 10.0 Å². The summed E-state index contributed by atoms with van der Waals surface area (Å²) in [6, 6.07) is 11.2. The number of nitrogens with one attached hydrogen (secondary N) is 2. The van der Waals surface area contributed by atoms with Gasteiger partial charge >= 0.3 is 0 Å². The Bertz CT molecular complexity index is 857. The van der Waals surface area contributed by atoms with Crippen LogP contribution in [-0.2, 0) is 16.6 Å². The molecule has 1 amide bonds. The van der Waals surface area contributed by atoms with Crippen LogP contribution in [0.5, 0.6) is 0 Å². The van der Waals surface area contributed by atoms with E-state index in [4.69, 9.17) is 4.42 Å². The molecule has 0 spiro atoms. The molecule has 2 N–H and O–H groups in total. The van der Waals surface area contributed by atoms with Gasteiger partial charge in [0.1, 0.15) is 5.76 Å². The summed E-state index contributed by atoms with van der Waals surface area (Å²) in [5.41, 5.74) is 2.41. The molecule has 0 saturated heterocycles. The van der Waals surface area contributed by atoms with Gasteiger partial charge in [0.2, 0.25) is 10.0 Å². The van der Waals surface area contributed by atoms with Crippen molar-refractivity contribution in [3.8, 4) is 0 Å². The third-order valence-corrected chi connectivity index (χ3v) is 4.86. The van der Waals surface area contributed by atoms with E-state index in [-0.39, 0.29) is 24.3 Å². The second kappa shape index (κ2) is 6.41. The molecule has 7 heteroatoms. The average Bonchev–Trinajstić information content (AvgIpc) is 3.11. The molecule has 2 atom stereocenters. The molecule has 1 aliphatic carbocycles. The molecule has 0 unspecified atom stereocenters. The Hall–Kier alpha value is -2.12. The Morgan fingerprint density at radius 3 is 2.62 bits per heavy atom. The highest BCUT2D eigenvalue weighted by molar-refractivity contribution is 7.88. The zero-order valence-corrected chi connectivity index (χ0v) is 14.4. The number of hydrogen-bond donors (Lipinski definition) is 2. The highest BCUT2D eigenvalue weighted by Gasteiger charge is 2.29. The maximum absolute atomic E-state index is 12.4. The van der Waals surface area contributed by atoms with E-state index in [1.165, 1.54) is 5.56 Å². The van der Waals surface area contributed by atoms with E-state index in [1.54, 1.807) is 12.1 Å². The van der Waals surface area contributed by atoms with Gasteiger partial charge in [0, 0.05) is 0 Å². The van der Waals surface area contributed by atoms with E-state index < -0.39 is 10.0 Å². The normalized spacial score (nSPS) is 19.9. The molecule has 24 heavy (non-hydrogen) atoms. The number of rotatable bonds is 5. The first kappa shape index (κ1) is 16.7. The standard InChI is InChI=1S/C17H20N2O4S/c1-11-9-15(14-6-4-3-5-13(11)14)19-17(20)16-8-7-12(23-16)10-18-24(2,21)22/h3-8,11,15,18H,9-10H2,1-2H3,(H,19,20)/t11-,15-/m1/s1. The van der Waals surface area contributed by atoms with Gasteiger partial charge in [-0.05, 0) is 35.6 Å². The highest BCUT2D eigenvalue weighted by atomic mass is 32.2. The lowest BCUT2D eigenvalue weighted by Crippen LogP contribution is -2.26. The fraction of sp³-hybridized carbons (Fsp3) is 0.353. The minimum Gasteiger partial charge on any atom is -0.455 e. The van der Waals surface area contributed by atoms with Crippen LogP contribution in [0.1, 0.15) is 52.7 Å². The van der Waals surface area contributed by atoms with Crippen LogP contribution in [0.15, 0.2) is 40.8 Å². The average molecular weight is 348 g/mol. The maximum atomic E-state index is 12.4. The summed E-state index contributed by atoms with van der Waals surface area (Å²) in [6.07, 6.45) is 1.93. The van der Waals surface area contributed by atoms with Crippen molar-refractivity contribution in [3.05, 3.63) is 59.0 Å². The zero-order chi connectivity index (χ0) is 17.3. The van der Waals surface area contributed by atoms with E-state index in [2.05, 4.69) is 23.0 Å². The third-order valence-electron chi connectivity index (χ3n) is 4.19. The number of amides is 1. The maximum Gasteiger partial charge on any atom is 0.287 e. The Morgan fingerprint density at radius 2 is 1.92 bits per heavy atom. The Morgan fingerprint density at radius 1 is 1.21 bits per heavy atom. The van der Waals surface area contributed by atoms with Crippen molar-refractivity contribution < 1.29 is 17.6 Å². The minimum atomic E-state index is -3.30. The Kier molecular flexibility index (Phi) is 4.47. The molecule has 0 bridgehead atoms. The fourth-order valence-electron chi connectivity index (χ4n) is 3.05. The molecule has 1 aliphatic rings. The summed E-state index contributed by atoms with van der Waals surface area (Å²) >= 11 is 0. The van der Waals surface area contributed by atoms with Gasteiger partial charge in [0.25, 0.3) is 5.91 Å². The second-order valence-electron chi connectivity index (χ2n) is 6.15. The molecule has 6 nitrogen and oxygen atoms in total. The summed E-state index contributed by atoms with van der Waals surface area (Å²) < 4.78 is 29.9. The van der Waals surface area contributed by atoms with Gasteiger partial charge in [0.05, 0.1) is 18.8 Å². The largest absolute Gasteiger partial charge is 0.455 e. The van der Waals surface area contributed by atoms with E-state index in [9.17, 15) is 13.2 Å².